The third-order valence-electron chi connectivity index (χ3n) is 5.44. The lowest BCUT2D eigenvalue weighted by molar-refractivity contribution is 0.266. The van der Waals surface area contributed by atoms with E-state index in [1.807, 2.05) is 12.3 Å². The number of aliphatic hydroxyl groups excluding tert-OH is 1. The Kier molecular flexibility index (Phi) is 7.37. The highest BCUT2D eigenvalue weighted by atomic mass is 32.2. The molecular formula is C22H32N6O3S. The van der Waals surface area contributed by atoms with Crippen LogP contribution in [0.4, 0.5) is 17.3 Å². The van der Waals surface area contributed by atoms with Crippen LogP contribution in [0, 0.1) is 0 Å². The van der Waals surface area contributed by atoms with Crippen LogP contribution in [0.3, 0.4) is 0 Å². The number of sulfonamides is 1. The fourth-order valence-corrected chi connectivity index (χ4v) is 4.63. The molecule has 0 saturated carbocycles. The fraction of sp³-hybridized carbons (Fsp3) is 0.455. The van der Waals surface area contributed by atoms with Gasteiger partial charge in [0.05, 0.1) is 17.7 Å². The Morgan fingerprint density at radius 1 is 1.16 bits per heavy atom. The van der Waals surface area contributed by atoms with Crippen LogP contribution >= 0.6 is 0 Å². The third kappa shape index (κ3) is 4.72. The van der Waals surface area contributed by atoms with Gasteiger partial charge in [-0.3, -0.25) is 0 Å². The lowest BCUT2D eigenvalue weighted by atomic mass is 10.1. The van der Waals surface area contributed by atoms with Crippen LogP contribution in [-0.2, 0) is 10.0 Å². The second-order valence-electron chi connectivity index (χ2n) is 7.86. The van der Waals surface area contributed by atoms with Crippen molar-refractivity contribution in [2.45, 2.75) is 38.5 Å². The molecule has 9 nitrogen and oxygen atoms in total. The van der Waals surface area contributed by atoms with E-state index in [-0.39, 0.29) is 24.0 Å². The van der Waals surface area contributed by atoms with Gasteiger partial charge in [0.15, 0.2) is 5.65 Å². The van der Waals surface area contributed by atoms with Gasteiger partial charge in [0, 0.05) is 44.0 Å². The molecule has 32 heavy (non-hydrogen) atoms. The molecule has 0 aliphatic heterocycles. The molecule has 3 aromatic rings. The zero-order valence-corrected chi connectivity index (χ0v) is 20.1. The summed E-state index contributed by atoms with van der Waals surface area (Å²) < 4.78 is 28.1. The normalized spacial score (nSPS) is 12.1. The second-order valence-corrected chi connectivity index (χ2v) is 9.91. The third-order valence-corrected chi connectivity index (χ3v) is 7.32. The first-order chi connectivity index (χ1) is 15.2. The molecule has 0 aliphatic rings. The quantitative estimate of drug-likeness (QED) is 0.479. The smallest absolute Gasteiger partial charge is 0.242 e. The Morgan fingerprint density at radius 3 is 2.38 bits per heavy atom. The predicted molar refractivity (Wildman–Crippen MR) is 127 cm³/mol. The number of nitrogens with zero attached hydrogens (tertiary/aromatic N) is 5. The van der Waals surface area contributed by atoms with Crippen LogP contribution in [-0.4, -0.2) is 65.7 Å². The van der Waals surface area contributed by atoms with Gasteiger partial charge in [0.2, 0.25) is 10.0 Å². The summed E-state index contributed by atoms with van der Waals surface area (Å²) in [5.74, 6) is 1.88. The second kappa shape index (κ2) is 9.85. The minimum atomic E-state index is -3.65. The first kappa shape index (κ1) is 24.0. The van der Waals surface area contributed by atoms with Crippen LogP contribution in [0.25, 0.3) is 5.65 Å². The Hall–Kier alpha value is -2.69. The lowest BCUT2D eigenvalue weighted by Gasteiger charge is -2.21. The highest BCUT2D eigenvalue weighted by Crippen LogP contribution is 2.28. The zero-order chi connectivity index (χ0) is 23.5. The number of likely N-dealkylation sites (N-methyl/N-ethyl adjacent to an activating group) is 1. The van der Waals surface area contributed by atoms with E-state index in [1.54, 1.807) is 28.8 Å². The number of hydrogen-bond acceptors (Lipinski definition) is 7. The number of fused-ring (bicyclic) bond motifs is 1. The van der Waals surface area contributed by atoms with Crippen molar-refractivity contribution in [3.8, 4) is 0 Å². The summed E-state index contributed by atoms with van der Waals surface area (Å²) in [6, 6.07) is 8.50. The van der Waals surface area contributed by atoms with E-state index < -0.39 is 10.0 Å². The molecule has 0 radical (unpaired) electrons. The van der Waals surface area contributed by atoms with Gasteiger partial charge in [-0.1, -0.05) is 13.8 Å². The molecule has 0 bridgehead atoms. The van der Waals surface area contributed by atoms with Crippen LogP contribution in [0.1, 0.15) is 39.2 Å². The molecule has 2 aromatic heterocycles. The number of aromatic nitrogens is 3. The molecular weight excluding hydrogens is 428 g/mol. The Bertz CT molecular complexity index is 1150. The molecule has 2 heterocycles. The lowest BCUT2D eigenvalue weighted by Crippen LogP contribution is -2.29. The SMILES string of the molecule is CCN(CC)c1cc(Nc2ccc(S(=O)(=O)N(C)CCO)cc2)n2ncc(C(C)C)c2n1. The van der Waals surface area contributed by atoms with Crippen molar-refractivity contribution in [3.05, 3.63) is 42.1 Å². The van der Waals surface area contributed by atoms with E-state index in [2.05, 4.69) is 43.0 Å². The molecule has 0 saturated heterocycles. The first-order valence-corrected chi connectivity index (χ1v) is 12.2. The van der Waals surface area contributed by atoms with Crippen molar-refractivity contribution in [3.63, 3.8) is 0 Å². The van der Waals surface area contributed by atoms with E-state index in [9.17, 15) is 8.42 Å². The maximum Gasteiger partial charge on any atom is 0.242 e. The molecule has 0 amide bonds. The van der Waals surface area contributed by atoms with Crippen molar-refractivity contribution in [1.29, 1.82) is 0 Å². The standard InChI is InChI=1S/C22H32N6O3S/c1-6-27(7-2)20-14-21(28-22(25-20)19(15-23-28)16(3)4)24-17-8-10-18(11-9-17)32(30,31)26(5)12-13-29/h8-11,14-16,24,29H,6-7,12-13H2,1-5H3. The van der Waals surface area contributed by atoms with E-state index in [0.717, 1.165) is 45.9 Å². The summed E-state index contributed by atoms with van der Waals surface area (Å²) in [6.45, 7) is 9.89. The molecule has 174 valence electrons. The van der Waals surface area contributed by atoms with Gasteiger partial charge in [-0.15, -0.1) is 0 Å². The van der Waals surface area contributed by atoms with Crippen LogP contribution in [0.2, 0.25) is 0 Å². The molecule has 0 atom stereocenters. The van der Waals surface area contributed by atoms with Crippen LogP contribution in [0.5, 0.6) is 0 Å². The molecule has 0 fully saturated rings. The van der Waals surface area contributed by atoms with Crippen molar-refractivity contribution in [2.75, 3.05) is 43.5 Å². The number of hydrogen-bond donors (Lipinski definition) is 2. The number of benzene rings is 1. The van der Waals surface area contributed by atoms with Crippen molar-refractivity contribution >= 4 is 33.0 Å². The molecule has 0 spiro atoms. The zero-order valence-electron chi connectivity index (χ0n) is 19.3. The van der Waals surface area contributed by atoms with Gasteiger partial charge in [-0.25, -0.2) is 13.4 Å². The highest BCUT2D eigenvalue weighted by molar-refractivity contribution is 7.89. The minimum absolute atomic E-state index is 0.0446. The van der Waals surface area contributed by atoms with Crippen LogP contribution < -0.4 is 10.2 Å². The molecule has 2 N–H and O–H groups in total. The topological polar surface area (TPSA) is 103 Å². The number of nitrogens with one attached hydrogen (secondary N) is 1. The molecule has 10 heteroatoms. The van der Waals surface area contributed by atoms with E-state index >= 15 is 0 Å². The highest BCUT2D eigenvalue weighted by Gasteiger charge is 2.20. The summed E-state index contributed by atoms with van der Waals surface area (Å²) in [5, 5.41) is 16.9. The van der Waals surface area contributed by atoms with E-state index in [1.165, 1.54) is 7.05 Å². The van der Waals surface area contributed by atoms with Gasteiger partial charge in [0.1, 0.15) is 11.6 Å². The average Bonchev–Trinajstić information content (AvgIpc) is 3.20. The van der Waals surface area contributed by atoms with Gasteiger partial charge in [-0.2, -0.15) is 13.9 Å². The molecule has 1 aromatic carbocycles. The first-order valence-electron chi connectivity index (χ1n) is 10.8. The summed E-state index contributed by atoms with van der Waals surface area (Å²) in [5.41, 5.74) is 2.60. The average molecular weight is 461 g/mol. The minimum Gasteiger partial charge on any atom is -0.395 e. The summed E-state index contributed by atoms with van der Waals surface area (Å²) in [4.78, 5) is 7.21. The summed E-state index contributed by atoms with van der Waals surface area (Å²) in [7, 11) is -2.20. The maximum absolute atomic E-state index is 12.6. The van der Waals surface area contributed by atoms with Gasteiger partial charge in [-0.05, 0) is 44.0 Å². The molecule has 0 unspecified atom stereocenters. The Morgan fingerprint density at radius 2 is 1.81 bits per heavy atom. The summed E-state index contributed by atoms with van der Waals surface area (Å²) in [6.07, 6.45) is 1.84. The van der Waals surface area contributed by atoms with Gasteiger partial charge >= 0.3 is 0 Å². The Labute approximate surface area is 189 Å². The predicted octanol–water partition coefficient (Wildman–Crippen LogP) is 3.06. The maximum atomic E-state index is 12.6. The fourth-order valence-electron chi connectivity index (χ4n) is 3.47. The largest absolute Gasteiger partial charge is 0.395 e. The van der Waals surface area contributed by atoms with Crippen molar-refractivity contribution in [2.24, 2.45) is 0 Å². The van der Waals surface area contributed by atoms with Gasteiger partial charge < -0.3 is 15.3 Å². The van der Waals surface area contributed by atoms with Crippen LogP contribution in [0.15, 0.2) is 41.4 Å². The monoisotopic (exact) mass is 460 g/mol. The number of rotatable bonds is 10. The Balaban J connectivity index is 1.99. The van der Waals surface area contributed by atoms with Crippen molar-refractivity contribution < 1.29 is 13.5 Å². The molecule has 3 rings (SSSR count). The van der Waals surface area contributed by atoms with Gasteiger partial charge in [0.25, 0.3) is 0 Å². The van der Waals surface area contributed by atoms with E-state index in [0.29, 0.717) is 0 Å². The number of anilines is 3. The van der Waals surface area contributed by atoms with Crippen molar-refractivity contribution in [1.82, 2.24) is 18.9 Å². The molecule has 0 aliphatic carbocycles. The van der Waals surface area contributed by atoms with E-state index in [4.69, 9.17) is 10.1 Å². The summed E-state index contributed by atoms with van der Waals surface area (Å²) >= 11 is 0. The number of aliphatic hydroxyl groups is 1.